The molecule has 0 fully saturated rings. The summed E-state index contributed by atoms with van der Waals surface area (Å²) in [6, 6.07) is 15.2. The first kappa shape index (κ1) is 17.4. The van der Waals surface area contributed by atoms with Crippen molar-refractivity contribution in [1.29, 1.82) is 0 Å². The number of amides is 1. The van der Waals surface area contributed by atoms with E-state index in [4.69, 9.17) is 9.15 Å². The molecule has 0 aliphatic carbocycles. The van der Waals surface area contributed by atoms with Crippen LogP contribution >= 0.6 is 0 Å². The second-order valence-electron chi connectivity index (χ2n) is 6.00. The molecule has 0 aliphatic rings. The number of tetrazole rings is 1. The first-order valence-corrected chi connectivity index (χ1v) is 8.38. The Hall–Kier alpha value is -4.01. The summed E-state index contributed by atoms with van der Waals surface area (Å²) in [6.07, 6.45) is 0. The van der Waals surface area contributed by atoms with Crippen LogP contribution in [0.2, 0.25) is 0 Å². The summed E-state index contributed by atoms with van der Waals surface area (Å²) in [6.45, 7) is -0.196. The third kappa shape index (κ3) is 3.73. The second kappa shape index (κ2) is 7.31. The zero-order valence-corrected chi connectivity index (χ0v) is 14.8. The number of aryl methyl sites for hydroxylation is 1. The maximum Gasteiger partial charge on any atom is 0.336 e. The number of benzene rings is 2. The van der Waals surface area contributed by atoms with E-state index in [1.54, 1.807) is 54.2 Å². The molecule has 0 unspecified atom stereocenters. The van der Waals surface area contributed by atoms with E-state index < -0.39 is 5.63 Å². The predicted octanol–water partition coefficient (Wildman–Crippen LogP) is 2.00. The fourth-order valence-corrected chi connectivity index (χ4v) is 2.69. The van der Waals surface area contributed by atoms with Crippen LogP contribution in [0.5, 0.6) is 5.75 Å². The Morgan fingerprint density at radius 3 is 2.86 bits per heavy atom. The van der Waals surface area contributed by atoms with Crippen LogP contribution < -0.4 is 15.7 Å². The topological polar surface area (TPSA) is 112 Å². The van der Waals surface area contributed by atoms with Gasteiger partial charge < -0.3 is 14.5 Å². The van der Waals surface area contributed by atoms with E-state index in [1.807, 2.05) is 6.07 Å². The molecule has 0 spiro atoms. The number of aromatic nitrogens is 4. The van der Waals surface area contributed by atoms with Crippen LogP contribution in [0.15, 0.2) is 63.8 Å². The predicted molar refractivity (Wildman–Crippen MR) is 101 cm³/mol. The van der Waals surface area contributed by atoms with Gasteiger partial charge in [0.05, 0.1) is 0 Å². The molecule has 0 radical (unpaired) electrons. The van der Waals surface area contributed by atoms with E-state index in [9.17, 15) is 9.59 Å². The zero-order valence-electron chi connectivity index (χ0n) is 14.8. The molecule has 140 valence electrons. The van der Waals surface area contributed by atoms with Gasteiger partial charge in [0.25, 0.3) is 5.91 Å². The smallest absolute Gasteiger partial charge is 0.336 e. The summed E-state index contributed by atoms with van der Waals surface area (Å²) in [5.41, 5.74) is 1.32. The number of ether oxygens (including phenoxy) is 1. The van der Waals surface area contributed by atoms with Crippen molar-refractivity contribution in [3.63, 3.8) is 0 Å². The molecule has 4 rings (SSSR count). The highest BCUT2D eigenvalue weighted by molar-refractivity contribution is 5.92. The molecule has 2 heterocycles. The highest BCUT2D eigenvalue weighted by Crippen LogP contribution is 2.21. The molecule has 1 amide bonds. The molecular formula is C19H15N5O4. The molecule has 2 aromatic heterocycles. The molecule has 9 heteroatoms. The SMILES string of the molecule is Cn1nnnc1-c1cccc(NC(=O)COc2ccc3ccc(=O)oc3c2)c1. The number of nitrogens with zero attached hydrogens (tertiary/aromatic N) is 4. The molecule has 0 atom stereocenters. The van der Waals surface area contributed by atoms with E-state index >= 15 is 0 Å². The van der Waals surface area contributed by atoms with Crippen molar-refractivity contribution in [2.75, 3.05) is 11.9 Å². The van der Waals surface area contributed by atoms with Gasteiger partial charge in [0.1, 0.15) is 11.3 Å². The number of nitrogens with one attached hydrogen (secondary N) is 1. The second-order valence-corrected chi connectivity index (χ2v) is 6.00. The molecule has 0 saturated heterocycles. The summed E-state index contributed by atoms with van der Waals surface area (Å²) in [5.74, 6) is 0.684. The van der Waals surface area contributed by atoms with Crippen LogP contribution in [0.1, 0.15) is 0 Å². The van der Waals surface area contributed by atoms with Gasteiger partial charge in [0.15, 0.2) is 12.4 Å². The quantitative estimate of drug-likeness (QED) is 0.529. The summed E-state index contributed by atoms with van der Waals surface area (Å²) in [5, 5.41) is 14.9. The van der Waals surface area contributed by atoms with Crippen LogP contribution in [0, 0.1) is 0 Å². The van der Waals surface area contributed by atoms with Gasteiger partial charge in [0, 0.05) is 35.8 Å². The molecule has 4 aromatic rings. The minimum atomic E-state index is -0.444. The zero-order chi connectivity index (χ0) is 19.5. The molecule has 28 heavy (non-hydrogen) atoms. The van der Waals surface area contributed by atoms with Gasteiger partial charge in [-0.15, -0.1) is 5.10 Å². The molecule has 2 aromatic carbocycles. The summed E-state index contributed by atoms with van der Waals surface area (Å²) >= 11 is 0. The molecule has 1 N–H and O–H groups in total. The Bertz CT molecular complexity index is 1210. The van der Waals surface area contributed by atoms with Crippen LogP contribution in [-0.2, 0) is 11.8 Å². The Balaban J connectivity index is 1.42. The van der Waals surface area contributed by atoms with Gasteiger partial charge in [-0.05, 0) is 40.8 Å². The Labute approximate surface area is 158 Å². The highest BCUT2D eigenvalue weighted by Gasteiger charge is 2.09. The summed E-state index contributed by atoms with van der Waals surface area (Å²) in [4.78, 5) is 23.5. The van der Waals surface area contributed by atoms with Crippen LogP contribution in [-0.4, -0.2) is 32.7 Å². The highest BCUT2D eigenvalue weighted by atomic mass is 16.5. The average molecular weight is 377 g/mol. The molecule has 0 bridgehead atoms. The van der Waals surface area contributed by atoms with Crippen molar-refractivity contribution in [3.05, 3.63) is 65.0 Å². The van der Waals surface area contributed by atoms with Gasteiger partial charge in [-0.25, -0.2) is 9.48 Å². The maximum absolute atomic E-state index is 12.2. The van der Waals surface area contributed by atoms with E-state index in [0.29, 0.717) is 22.8 Å². The number of hydrogen-bond acceptors (Lipinski definition) is 7. The lowest BCUT2D eigenvalue weighted by molar-refractivity contribution is -0.118. The van der Waals surface area contributed by atoms with E-state index in [1.165, 1.54) is 6.07 Å². The normalized spacial score (nSPS) is 10.8. The summed E-state index contributed by atoms with van der Waals surface area (Å²) in [7, 11) is 1.74. The Morgan fingerprint density at radius 1 is 1.18 bits per heavy atom. The van der Waals surface area contributed by atoms with Crippen molar-refractivity contribution in [2.45, 2.75) is 0 Å². The number of anilines is 1. The Morgan fingerprint density at radius 2 is 2.04 bits per heavy atom. The maximum atomic E-state index is 12.2. The fourth-order valence-electron chi connectivity index (χ4n) is 2.69. The lowest BCUT2D eigenvalue weighted by atomic mass is 10.2. The standard InChI is InChI=1S/C19H15N5O4/c1-24-19(21-22-23-24)13-3-2-4-14(9-13)20-17(25)11-27-15-7-5-12-6-8-18(26)28-16(12)10-15/h2-10H,11H2,1H3,(H,20,25). The van der Waals surface area contributed by atoms with Gasteiger partial charge in [-0.2, -0.15) is 0 Å². The van der Waals surface area contributed by atoms with Crippen molar-refractivity contribution in [2.24, 2.45) is 7.05 Å². The van der Waals surface area contributed by atoms with Gasteiger partial charge in [0.2, 0.25) is 0 Å². The first-order valence-electron chi connectivity index (χ1n) is 8.38. The molecule has 9 nitrogen and oxygen atoms in total. The lowest BCUT2D eigenvalue weighted by Gasteiger charge is -2.09. The van der Waals surface area contributed by atoms with E-state index in [2.05, 4.69) is 20.8 Å². The van der Waals surface area contributed by atoms with Crippen molar-refractivity contribution in [1.82, 2.24) is 20.2 Å². The Kier molecular flexibility index (Phi) is 4.55. The summed E-state index contributed by atoms with van der Waals surface area (Å²) < 4.78 is 12.2. The minimum absolute atomic E-state index is 0.196. The fraction of sp³-hybridized carbons (Fsp3) is 0.105. The lowest BCUT2D eigenvalue weighted by Crippen LogP contribution is -2.20. The van der Waals surface area contributed by atoms with Crippen molar-refractivity contribution < 1.29 is 13.9 Å². The van der Waals surface area contributed by atoms with Gasteiger partial charge in [-0.1, -0.05) is 12.1 Å². The largest absolute Gasteiger partial charge is 0.484 e. The minimum Gasteiger partial charge on any atom is -0.484 e. The molecule has 0 aliphatic heterocycles. The number of rotatable bonds is 5. The van der Waals surface area contributed by atoms with Crippen LogP contribution in [0.25, 0.3) is 22.4 Å². The average Bonchev–Trinajstić information content (AvgIpc) is 3.12. The number of hydrogen-bond donors (Lipinski definition) is 1. The van der Waals surface area contributed by atoms with Crippen LogP contribution in [0.3, 0.4) is 0 Å². The molecular weight excluding hydrogens is 362 g/mol. The van der Waals surface area contributed by atoms with E-state index in [0.717, 1.165) is 10.9 Å². The number of fused-ring (bicyclic) bond motifs is 1. The monoisotopic (exact) mass is 377 g/mol. The third-order valence-electron chi connectivity index (χ3n) is 3.99. The van der Waals surface area contributed by atoms with Crippen LogP contribution in [0.4, 0.5) is 5.69 Å². The van der Waals surface area contributed by atoms with Gasteiger partial charge in [-0.3, -0.25) is 4.79 Å². The third-order valence-corrected chi connectivity index (χ3v) is 3.99. The van der Waals surface area contributed by atoms with Crippen molar-refractivity contribution >= 4 is 22.6 Å². The van der Waals surface area contributed by atoms with Gasteiger partial charge >= 0.3 is 5.63 Å². The van der Waals surface area contributed by atoms with E-state index in [-0.39, 0.29) is 12.5 Å². The number of carbonyl (C=O) groups excluding carboxylic acids is 1. The van der Waals surface area contributed by atoms with Crippen molar-refractivity contribution in [3.8, 4) is 17.1 Å². The first-order chi connectivity index (χ1) is 13.6. The molecule has 0 saturated carbocycles. The number of carbonyl (C=O) groups is 1.